The second kappa shape index (κ2) is 8.41. The van der Waals surface area contributed by atoms with Crippen molar-refractivity contribution in [1.29, 1.82) is 0 Å². The quantitative estimate of drug-likeness (QED) is 0.466. The van der Waals surface area contributed by atoms with Gasteiger partial charge in [-0.25, -0.2) is 23.1 Å². The van der Waals surface area contributed by atoms with Crippen LogP contribution in [0.1, 0.15) is 28.8 Å². The van der Waals surface area contributed by atoms with Crippen molar-refractivity contribution in [2.45, 2.75) is 24.3 Å². The molecular weight excluding hydrogens is 448 g/mol. The summed E-state index contributed by atoms with van der Waals surface area (Å²) < 4.78 is 29.5. The summed E-state index contributed by atoms with van der Waals surface area (Å²) in [5.74, 6) is -0.277. The fourth-order valence-corrected chi connectivity index (χ4v) is 6.15. The number of thiazole rings is 1. The molecule has 0 saturated carbocycles. The van der Waals surface area contributed by atoms with E-state index in [1.165, 1.54) is 22.0 Å². The summed E-state index contributed by atoms with van der Waals surface area (Å²) in [4.78, 5) is 21.2. The molecule has 11 heteroatoms. The molecule has 4 aromatic rings. The summed E-state index contributed by atoms with van der Waals surface area (Å²) in [5.41, 5.74) is 2.15. The molecule has 0 radical (unpaired) electrons. The van der Waals surface area contributed by atoms with E-state index in [1.807, 2.05) is 12.1 Å². The van der Waals surface area contributed by atoms with E-state index in [9.17, 15) is 13.2 Å². The Morgan fingerprint density at radius 1 is 1.09 bits per heavy atom. The highest BCUT2D eigenvalue weighted by Crippen LogP contribution is 2.30. The summed E-state index contributed by atoms with van der Waals surface area (Å²) in [6, 6.07) is 12.1. The Morgan fingerprint density at radius 2 is 1.88 bits per heavy atom. The Kier molecular flexibility index (Phi) is 5.45. The third kappa shape index (κ3) is 4.14. The molecule has 3 heterocycles. The van der Waals surface area contributed by atoms with Crippen LogP contribution in [-0.2, 0) is 16.6 Å². The number of benzene rings is 2. The normalized spacial score (nSPS) is 14.8. The maximum Gasteiger partial charge on any atom is 0.257 e. The molecule has 0 bridgehead atoms. The molecule has 32 heavy (non-hydrogen) atoms. The number of sulfonamides is 1. The van der Waals surface area contributed by atoms with Gasteiger partial charge in [-0.1, -0.05) is 23.5 Å². The number of fused-ring (bicyclic) bond motifs is 1. The highest BCUT2D eigenvalue weighted by molar-refractivity contribution is 7.89. The van der Waals surface area contributed by atoms with Crippen LogP contribution in [0.3, 0.4) is 0 Å². The Balaban J connectivity index is 1.31. The van der Waals surface area contributed by atoms with Crippen molar-refractivity contribution in [3.8, 4) is 0 Å². The van der Waals surface area contributed by atoms with Crippen molar-refractivity contribution < 1.29 is 13.2 Å². The van der Waals surface area contributed by atoms with E-state index in [2.05, 4.69) is 20.4 Å². The molecule has 0 spiro atoms. The Hall–Kier alpha value is -3.15. The lowest BCUT2D eigenvalue weighted by Gasteiger charge is -2.15. The van der Waals surface area contributed by atoms with Gasteiger partial charge in [-0.05, 0) is 48.7 Å². The van der Waals surface area contributed by atoms with Gasteiger partial charge in [0.05, 0.1) is 21.7 Å². The molecular formula is C21H20N6O3S2. The lowest BCUT2D eigenvalue weighted by Crippen LogP contribution is -2.27. The summed E-state index contributed by atoms with van der Waals surface area (Å²) in [6.45, 7) is 1.69. The fourth-order valence-electron chi connectivity index (χ4n) is 3.63. The first-order valence-electron chi connectivity index (χ1n) is 10.1. The first kappa shape index (κ1) is 20.7. The predicted octanol–water partition coefficient (Wildman–Crippen LogP) is 2.97. The number of carbonyl (C=O) groups is 1. The van der Waals surface area contributed by atoms with Crippen LogP contribution < -0.4 is 5.32 Å². The van der Waals surface area contributed by atoms with Crippen molar-refractivity contribution >= 4 is 42.6 Å². The average molecular weight is 469 g/mol. The smallest absolute Gasteiger partial charge is 0.257 e. The van der Waals surface area contributed by atoms with Crippen LogP contribution in [0.5, 0.6) is 0 Å². The number of nitrogens with zero attached hydrogens (tertiary/aromatic N) is 5. The van der Waals surface area contributed by atoms with Crippen LogP contribution in [0.15, 0.2) is 60.0 Å². The highest BCUT2D eigenvalue weighted by Gasteiger charge is 2.27. The van der Waals surface area contributed by atoms with E-state index in [1.54, 1.807) is 41.3 Å². The number of hydrogen-bond donors (Lipinski definition) is 1. The van der Waals surface area contributed by atoms with Gasteiger partial charge in [-0.3, -0.25) is 10.1 Å². The molecule has 5 rings (SSSR count). The molecule has 0 aliphatic carbocycles. The molecule has 0 unspecified atom stereocenters. The van der Waals surface area contributed by atoms with E-state index in [4.69, 9.17) is 0 Å². The van der Waals surface area contributed by atoms with Gasteiger partial charge in [0.1, 0.15) is 12.7 Å². The number of anilines is 1. The number of nitrogens with one attached hydrogen (secondary N) is 1. The van der Waals surface area contributed by atoms with E-state index in [0.29, 0.717) is 40.5 Å². The lowest BCUT2D eigenvalue weighted by atomic mass is 10.1. The van der Waals surface area contributed by atoms with Crippen molar-refractivity contribution in [3.05, 3.63) is 66.2 Å². The zero-order valence-electron chi connectivity index (χ0n) is 17.0. The molecule has 164 valence electrons. The number of amides is 1. The standard InChI is InChI=1S/C21H20N6O3S2/c28-20(16-5-3-15(4-6-16)12-26-14-22-13-23-26)25-21-24-18-8-7-17(11-19(18)31-21)32(29,30)27-9-1-2-10-27/h3-8,11,13-14H,1-2,9-10,12H2,(H,24,25,28). The summed E-state index contributed by atoms with van der Waals surface area (Å²) in [5, 5.41) is 7.30. The molecule has 1 aliphatic heterocycles. The van der Waals surface area contributed by atoms with Crippen LogP contribution in [-0.4, -0.2) is 51.5 Å². The SMILES string of the molecule is O=C(Nc1nc2ccc(S(=O)(=O)N3CCCC3)cc2s1)c1ccc(Cn2cncn2)cc1. The Morgan fingerprint density at radius 3 is 2.59 bits per heavy atom. The molecule has 2 aromatic carbocycles. The molecule has 1 saturated heterocycles. The van der Waals surface area contributed by atoms with Crippen molar-refractivity contribution in [1.82, 2.24) is 24.1 Å². The maximum atomic E-state index is 12.8. The van der Waals surface area contributed by atoms with Crippen molar-refractivity contribution in [3.63, 3.8) is 0 Å². The molecule has 1 fully saturated rings. The van der Waals surface area contributed by atoms with E-state index in [-0.39, 0.29) is 10.8 Å². The topological polar surface area (TPSA) is 110 Å². The Labute approximate surface area is 188 Å². The third-order valence-corrected chi connectivity index (χ3v) is 8.14. The van der Waals surface area contributed by atoms with Gasteiger partial charge in [0.15, 0.2) is 5.13 Å². The van der Waals surface area contributed by atoms with Crippen LogP contribution in [0.25, 0.3) is 10.2 Å². The summed E-state index contributed by atoms with van der Waals surface area (Å²) in [7, 11) is -3.50. The van der Waals surface area contributed by atoms with Crippen molar-refractivity contribution in [2.75, 3.05) is 18.4 Å². The largest absolute Gasteiger partial charge is 0.298 e. The first-order valence-corrected chi connectivity index (χ1v) is 12.4. The summed E-state index contributed by atoms with van der Waals surface area (Å²) in [6.07, 6.45) is 4.89. The second-order valence-electron chi connectivity index (χ2n) is 7.50. The number of hydrogen-bond acceptors (Lipinski definition) is 7. The first-order chi connectivity index (χ1) is 15.5. The molecule has 1 aliphatic rings. The molecule has 1 amide bonds. The average Bonchev–Trinajstić information content (AvgIpc) is 3.55. The van der Waals surface area contributed by atoms with Crippen LogP contribution in [0.4, 0.5) is 5.13 Å². The number of rotatable bonds is 6. The van der Waals surface area contributed by atoms with Gasteiger partial charge in [0.2, 0.25) is 10.0 Å². The van der Waals surface area contributed by atoms with Gasteiger partial charge in [-0.2, -0.15) is 9.40 Å². The van der Waals surface area contributed by atoms with Gasteiger partial charge in [0.25, 0.3) is 5.91 Å². The van der Waals surface area contributed by atoms with E-state index in [0.717, 1.165) is 18.4 Å². The minimum absolute atomic E-state index is 0.261. The predicted molar refractivity (Wildman–Crippen MR) is 121 cm³/mol. The van der Waals surface area contributed by atoms with Gasteiger partial charge in [0, 0.05) is 18.7 Å². The van der Waals surface area contributed by atoms with Crippen LogP contribution >= 0.6 is 11.3 Å². The highest BCUT2D eigenvalue weighted by atomic mass is 32.2. The number of aromatic nitrogens is 4. The Bertz CT molecular complexity index is 1360. The molecule has 9 nitrogen and oxygen atoms in total. The van der Waals surface area contributed by atoms with E-state index < -0.39 is 10.0 Å². The second-order valence-corrected chi connectivity index (χ2v) is 10.5. The minimum atomic E-state index is -3.50. The molecule has 1 N–H and O–H groups in total. The zero-order chi connectivity index (χ0) is 22.1. The summed E-state index contributed by atoms with van der Waals surface area (Å²) >= 11 is 1.25. The minimum Gasteiger partial charge on any atom is -0.298 e. The molecule has 2 aromatic heterocycles. The number of carbonyl (C=O) groups excluding carboxylic acids is 1. The maximum absolute atomic E-state index is 12.8. The van der Waals surface area contributed by atoms with Gasteiger partial charge in [-0.15, -0.1) is 0 Å². The zero-order valence-corrected chi connectivity index (χ0v) is 18.6. The van der Waals surface area contributed by atoms with Crippen LogP contribution in [0.2, 0.25) is 0 Å². The fraction of sp³-hybridized carbons (Fsp3) is 0.238. The van der Waals surface area contributed by atoms with Crippen molar-refractivity contribution in [2.24, 2.45) is 0 Å². The third-order valence-electron chi connectivity index (χ3n) is 5.31. The lowest BCUT2D eigenvalue weighted by molar-refractivity contribution is 0.102. The van der Waals surface area contributed by atoms with E-state index >= 15 is 0 Å². The monoisotopic (exact) mass is 468 g/mol. The molecule has 0 atom stereocenters. The van der Waals surface area contributed by atoms with Crippen LogP contribution in [0, 0.1) is 0 Å². The van der Waals surface area contributed by atoms with Gasteiger partial charge < -0.3 is 0 Å². The van der Waals surface area contributed by atoms with Gasteiger partial charge >= 0.3 is 0 Å².